The smallest absolute Gasteiger partial charge is 0.255 e. The second-order valence-electron chi connectivity index (χ2n) is 2.26. The number of fused-ring (bicyclic) bond motifs is 1. The highest BCUT2D eigenvalue weighted by Crippen LogP contribution is 2.09. The maximum absolute atomic E-state index is 11.0. The Labute approximate surface area is 67.7 Å². The number of nitrogens with one attached hydrogen (secondary N) is 2. The van der Waals surface area contributed by atoms with Gasteiger partial charge < -0.3 is 10.3 Å². The number of aromatic amines is 1. The quantitative estimate of drug-likeness (QED) is 0.549. The molecule has 0 aliphatic carbocycles. The van der Waals surface area contributed by atoms with Crippen molar-refractivity contribution in [3.05, 3.63) is 22.2 Å². The third-order valence-electron chi connectivity index (χ3n) is 1.56. The van der Waals surface area contributed by atoms with E-state index in [0.29, 0.717) is 16.9 Å². The average Bonchev–Trinajstić information content (AvgIpc) is 2.32. The fourth-order valence-corrected chi connectivity index (χ4v) is 1.20. The van der Waals surface area contributed by atoms with E-state index in [0.717, 1.165) is 5.69 Å². The lowest BCUT2D eigenvalue weighted by molar-refractivity contribution is 0.0965. The number of amides is 1. The van der Waals surface area contributed by atoms with Crippen LogP contribution in [0.2, 0.25) is 0 Å². The van der Waals surface area contributed by atoms with Crippen LogP contribution in [0.15, 0.2) is 6.20 Å². The Morgan fingerprint density at radius 2 is 2.45 bits per heavy atom. The van der Waals surface area contributed by atoms with Gasteiger partial charge in [-0.25, -0.2) is 4.98 Å². The molecule has 1 amide bonds. The minimum atomic E-state index is -0.0845. The molecule has 11 heavy (non-hydrogen) atoms. The van der Waals surface area contributed by atoms with Crippen LogP contribution >= 0.6 is 12.2 Å². The van der Waals surface area contributed by atoms with E-state index in [1.54, 1.807) is 0 Å². The summed E-state index contributed by atoms with van der Waals surface area (Å²) in [6.07, 6.45) is 1.50. The van der Waals surface area contributed by atoms with Gasteiger partial charge >= 0.3 is 0 Å². The first-order valence-corrected chi connectivity index (χ1v) is 3.54. The van der Waals surface area contributed by atoms with Gasteiger partial charge in [-0.2, -0.15) is 0 Å². The molecular formula is C6H5N3OS. The fourth-order valence-electron chi connectivity index (χ4n) is 1.03. The molecule has 5 heteroatoms. The van der Waals surface area contributed by atoms with Gasteiger partial charge in [0.05, 0.1) is 17.8 Å². The van der Waals surface area contributed by atoms with Crippen LogP contribution in [0.5, 0.6) is 0 Å². The number of rotatable bonds is 0. The Hall–Kier alpha value is -1.23. The molecule has 1 aromatic rings. The summed E-state index contributed by atoms with van der Waals surface area (Å²) in [6, 6.07) is 0. The number of carbonyl (C=O) groups is 1. The highest BCUT2D eigenvalue weighted by Gasteiger charge is 2.18. The second kappa shape index (κ2) is 2.13. The van der Waals surface area contributed by atoms with E-state index in [9.17, 15) is 4.79 Å². The first kappa shape index (κ1) is 6.48. The first-order valence-electron chi connectivity index (χ1n) is 3.14. The van der Waals surface area contributed by atoms with Gasteiger partial charge in [0.1, 0.15) is 0 Å². The molecular weight excluding hydrogens is 162 g/mol. The van der Waals surface area contributed by atoms with Crippen molar-refractivity contribution in [3.8, 4) is 0 Å². The topological polar surface area (TPSA) is 57.8 Å². The summed E-state index contributed by atoms with van der Waals surface area (Å²) in [5.41, 5.74) is 1.42. The molecule has 0 radical (unpaired) electrons. The van der Waals surface area contributed by atoms with E-state index in [2.05, 4.69) is 15.3 Å². The molecule has 0 spiro atoms. The van der Waals surface area contributed by atoms with Gasteiger partial charge in [0.2, 0.25) is 0 Å². The van der Waals surface area contributed by atoms with Crippen LogP contribution in [0.4, 0.5) is 0 Å². The number of aromatic nitrogens is 2. The highest BCUT2D eigenvalue weighted by atomic mass is 32.1. The summed E-state index contributed by atoms with van der Waals surface area (Å²) in [4.78, 5) is 17.6. The van der Waals surface area contributed by atoms with Gasteiger partial charge in [0, 0.05) is 6.20 Å². The zero-order valence-electron chi connectivity index (χ0n) is 5.55. The standard InChI is InChI=1S/C6H5N3OS/c10-5-3-1-8-6(11)9-4(3)2-7-5/h1H,2H2,(H,7,10)(H,8,9,11). The lowest BCUT2D eigenvalue weighted by atomic mass is 10.3. The summed E-state index contributed by atoms with van der Waals surface area (Å²) >= 11 is 4.79. The van der Waals surface area contributed by atoms with Gasteiger partial charge in [-0.3, -0.25) is 4.79 Å². The summed E-state index contributed by atoms with van der Waals surface area (Å²) in [5.74, 6) is -0.0845. The fraction of sp³-hybridized carbons (Fsp3) is 0.167. The van der Waals surface area contributed by atoms with Gasteiger partial charge in [-0.15, -0.1) is 0 Å². The summed E-state index contributed by atoms with van der Waals surface area (Å²) in [7, 11) is 0. The predicted molar refractivity (Wildman–Crippen MR) is 40.6 cm³/mol. The summed E-state index contributed by atoms with van der Waals surface area (Å²) in [5, 5.41) is 2.66. The van der Waals surface area contributed by atoms with Gasteiger partial charge in [0.25, 0.3) is 5.91 Å². The molecule has 1 aliphatic rings. The Morgan fingerprint density at radius 3 is 3.27 bits per heavy atom. The Morgan fingerprint density at radius 1 is 1.64 bits per heavy atom. The van der Waals surface area contributed by atoms with Crippen molar-refractivity contribution in [2.75, 3.05) is 0 Å². The molecule has 0 saturated carbocycles. The number of carbonyl (C=O) groups excluding carboxylic acids is 1. The Balaban J connectivity index is 2.68. The highest BCUT2D eigenvalue weighted by molar-refractivity contribution is 7.71. The molecule has 2 rings (SSSR count). The summed E-state index contributed by atoms with van der Waals surface area (Å²) in [6.45, 7) is 0.528. The van der Waals surface area contributed by atoms with Crippen LogP contribution < -0.4 is 5.32 Å². The van der Waals surface area contributed by atoms with Gasteiger partial charge in [-0.1, -0.05) is 0 Å². The lowest BCUT2D eigenvalue weighted by Crippen LogP contribution is -2.12. The third-order valence-corrected chi connectivity index (χ3v) is 1.77. The molecule has 2 heterocycles. The largest absolute Gasteiger partial charge is 0.346 e. The number of hydrogen-bond acceptors (Lipinski definition) is 3. The van der Waals surface area contributed by atoms with E-state index in [1.165, 1.54) is 6.20 Å². The number of hydrogen-bond donors (Lipinski definition) is 2. The molecule has 0 saturated heterocycles. The summed E-state index contributed by atoms with van der Waals surface area (Å²) < 4.78 is 0.417. The minimum Gasteiger partial charge on any atom is -0.346 e. The molecule has 4 nitrogen and oxygen atoms in total. The van der Waals surface area contributed by atoms with Crippen LogP contribution in [-0.4, -0.2) is 15.9 Å². The van der Waals surface area contributed by atoms with Crippen molar-refractivity contribution in [1.82, 2.24) is 15.3 Å². The van der Waals surface area contributed by atoms with Crippen LogP contribution in [0.3, 0.4) is 0 Å². The van der Waals surface area contributed by atoms with Crippen LogP contribution in [0, 0.1) is 4.77 Å². The molecule has 0 unspecified atom stereocenters. The lowest BCUT2D eigenvalue weighted by Gasteiger charge is -1.91. The van der Waals surface area contributed by atoms with Crippen molar-refractivity contribution < 1.29 is 4.79 Å². The maximum atomic E-state index is 11.0. The SMILES string of the molecule is O=C1NCc2[nH]c(=S)ncc21. The van der Waals surface area contributed by atoms with E-state index in [1.807, 2.05) is 0 Å². The molecule has 0 bridgehead atoms. The van der Waals surface area contributed by atoms with Crippen LogP contribution in [0.1, 0.15) is 16.1 Å². The normalized spacial score (nSPS) is 14.4. The van der Waals surface area contributed by atoms with E-state index < -0.39 is 0 Å². The Bertz CT molecular complexity index is 370. The number of H-pyrrole nitrogens is 1. The molecule has 0 atom stereocenters. The second-order valence-corrected chi connectivity index (χ2v) is 2.65. The zero-order chi connectivity index (χ0) is 7.84. The molecule has 2 N–H and O–H groups in total. The zero-order valence-corrected chi connectivity index (χ0v) is 6.36. The minimum absolute atomic E-state index is 0.0845. The van der Waals surface area contributed by atoms with Crippen molar-refractivity contribution in [2.45, 2.75) is 6.54 Å². The third kappa shape index (κ3) is 0.932. The van der Waals surface area contributed by atoms with Crippen molar-refractivity contribution in [3.63, 3.8) is 0 Å². The number of nitrogens with zero attached hydrogens (tertiary/aromatic N) is 1. The molecule has 0 fully saturated rings. The first-order chi connectivity index (χ1) is 5.27. The van der Waals surface area contributed by atoms with Crippen LogP contribution in [0.25, 0.3) is 0 Å². The van der Waals surface area contributed by atoms with E-state index >= 15 is 0 Å². The van der Waals surface area contributed by atoms with Crippen molar-refractivity contribution in [1.29, 1.82) is 0 Å². The van der Waals surface area contributed by atoms with Gasteiger partial charge in [-0.05, 0) is 12.2 Å². The monoisotopic (exact) mass is 167 g/mol. The average molecular weight is 167 g/mol. The molecule has 56 valence electrons. The Kier molecular flexibility index (Phi) is 1.25. The van der Waals surface area contributed by atoms with Gasteiger partial charge in [0.15, 0.2) is 4.77 Å². The maximum Gasteiger partial charge on any atom is 0.255 e. The predicted octanol–water partition coefficient (Wildman–Crippen LogP) is 0.383. The van der Waals surface area contributed by atoms with E-state index in [-0.39, 0.29) is 5.91 Å². The molecule has 1 aliphatic heterocycles. The van der Waals surface area contributed by atoms with Crippen molar-refractivity contribution in [2.24, 2.45) is 0 Å². The van der Waals surface area contributed by atoms with Crippen molar-refractivity contribution >= 4 is 18.1 Å². The van der Waals surface area contributed by atoms with Crippen LogP contribution in [-0.2, 0) is 6.54 Å². The molecule has 0 aromatic carbocycles. The molecule has 1 aromatic heterocycles. The van der Waals surface area contributed by atoms with E-state index in [4.69, 9.17) is 12.2 Å².